The Bertz CT molecular complexity index is 4560. The molecular weight excluding hydrogens is 1420 g/mol. The molecule has 0 fully saturated rings. The molecule has 110 heavy (non-hydrogen) atoms. The lowest BCUT2D eigenvalue weighted by molar-refractivity contribution is -0.172. The lowest BCUT2D eigenvalue weighted by atomic mass is 9.81. The van der Waals surface area contributed by atoms with Gasteiger partial charge in [-0.2, -0.15) is 0 Å². The number of alkyl carbamates (subject to hydrolysis) is 1. The number of aromatic nitrogens is 2. The van der Waals surface area contributed by atoms with E-state index in [4.69, 9.17) is 43.9 Å². The number of hydrogen-bond acceptors (Lipinski definition) is 20. The van der Waals surface area contributed by atoms with Gasteiger partial charge in [-0.25, -0.2) is 23.8 Å². The van der Waals surface area contributed by atoms with Gasteiger partial charge in [0.25, 0.3) is 5.56 Å². The van der Waals surface area contributed by atoms with Crippen molar-refractivity contribution in [3.63, 3.8) is 0 Å². The number of amides is 8. The predicted octanol–water partition coefficient (Wildman–Crippen LogP) is 5.94. The maximum Gasteiger partial charge on any atom is 0.407 e. The second-order valence-corrected chi connectivity index (χ2v) is 27.5. The molecule has 8 amide bonds. The van der Waals surface area contributed by atoms with Gasteiger partial charge in [-0.05, 0) is 109 Å². The number of benzene rings is 4. The summed E-state index contributed by atoms with van der Waals surface area (Å²) in [5.41, 5.74) is 10.6. The van der Waals surface area contributed by atoms with E-state index < -0.39 is 89.7 Å². The summed E-state index contributed by atoms with van der Waals surface area (Å²) in [4.78, 5) is 151. The van der Waals surface area contributed by atoms with Crippen LogP contribution in [0.2, 0.25) is 0 Å². The molecule has 6 aromatic rings. The number of nitrogens with two attached hydrogens (primary N) is 1. The Morgan fingerprint density at radius 1 is 0.755 bits per heavy atom. The van der Waals surface area contributed by atoms with E-state index in [1.54, 1.807) is 62.9 Å². The molecule has 0 radical (unpaired) electrons. The third kappa shape index (κ3) is 21.2. The number of primary amides is 1. The molecule has 9 N–H and O–H groups in total. The number of esters is 1. The summed E-state index contributed by atoms with van der Waals surface area (Å²) >= 11 is 0. The minimum Gasteiger partial charge on any atom is -0.458 e. The number of ether oxygens (including phenoxy) is 7. The number of nitrogens with zero attached hydrogens (tertiary/aromatic N) is 3. The number of carbonyl (C=O) groups is 10. The molecule has 4 aromatic carbocycles. The Labute approximate surface area is 634 Å². The number of rotatable bonds is 40. The molecule has 0 unspecified atom stereocenters. The van der Waals surface area contributed by atoms with Crippen LogP contribution in [-0.4, -0.2) is 166 Å². The van der Waals surface area contributed by atoms with Crippen LogP contribution in [-0.2, 0) is 110 Å². The quantitative estimate of drug-likeness (QED) is 0.0125. The van der Waals surface area contributed by atoms with Gasteiger partial charge in [0.2, 0.25) is 29.5 Å². The number of halogens is 1. The Balaban J connectivity index is 0.573. The number of urea groups is 1. The summed E-state index contributed by atoms with van der Waals surface area (Å²) < 4.78 is 55.3. The minimum absolute atomic E-state index is 0.0235. The number of para-hydroxylation sites is 1. The molecule has 4 aliphatic rings. The molecule has 1 aliphatic carbocycles. The van der Waals surface area contributed by atoms with Crippen molar-refractivity contribution in [1.29, 1.82) is 0 Å². The molecule has 10 rings (SSSR count). The first kappa shape index (κ1) is 81.7. The lowest BCUT2D eigenvalue weighted by Gasteiger charge is -2.31. The van der Waals surface area contributed by atoms with Gasteiger partial charge in [0, 0.05) is 90.5 Å². The summed E-state index contributed by atoms with van der Waals surface area (Å²) in [5, 5.41) is 28.4. The van der Waals surface area contributed by atoms with Crippen LogP contribution in [0.4, 0.5) is 25.4 Å². The number of aliphatic hydroxyl groups is 1. The number of hydrogen-bond donors (Lipinski definition) is 8. The molecule has 29 nitrogen and oxygen atoms in total. The number of carbonyl (C=O) groups excluding carboxylic acids is 10. The van der Waals surface area contributed by atoms with E-state index >= 15 is 4.39 Å². The average Bonchev–Trinajstić information content (AvgIpc) is 1.49. The van der Waals surface area contributed by atoms with Crippen molar-refractivity contribution in [3.8, 4) is 23.2 Å². The molecule has 3 aliphatic heterocycles. The number of aryl methyl sites for hydroxylation is 1. The summed E-state index contributed by atoms with van der Waals surface area (Å²) in [6.45, 7) is 8.08. The average molecular weight is 1520 g/mol. The van der Waals surface area contributed by atoms with E-state index in [1.165, 1.54) is 10.6 Å². The first-order valence-electron chi connectivity index (χ1n) is 36.9. The summed E-state index contributed by atoms with van der Waals surface area (Å²) in [7, 11) is 0. The zero-order chi connectivity index (χ0) is 78.4. The Morgan fingerprint density at radius 2 is 1.45 bits per heavy atom. The highest BCUT2D eigenvalue weighted by molar-refractivity contribution is 5.99. The van der Waals surface area contributed by atoms with E-state index in [9.17, 15) is 57.8 Å². The second kappa shape index (κ2) is 39.0. The molecule has 0 saturated heterocycles. The molecule has 30 heteroatoms. The molecule has 2 aromatic heterocycles. The van der Waals surface area contributed by atoms with Gasteiger partial charge in [0.15, 0.2) is 17.2 Å². The van der Waals surface area contributed by atoms with Crippen molar-refractivity contribution >= 4 is 81.5 Å². The molecule has 4 atom stereocenters. The van der Waals surface area contributed by atoms with Gasteiger partial charge in [-0.1, -0.05) is 75.1 Å². The number of nitrogens with one attached hydrogen (secondary N) is 6. The molecule has 584 valence electrons. The predicted molar refractivity (Wildman–Crippen MR) is 399 cm³/mol. The number of ketones is 2. The normalized spacial score (nSPS) is 15.5. The van der Waals surface area contributed by atoms with Crippen LogP contribution in [0.3, 0.4) is 0 Å². The van der Waals surface area contributed by atoms with Crippen LogP contribution in [0.25, 0.3) is 22.3 Å². The van der Waals surface area contributed by atoms with Gasteiger partial charge in [-0.3, -0.25) is 38.4 Å². The van der Waals surface area contributed by atoms with Gasteiger partial charge in [0.05, 0.1) is 119 Å². The number of fused-ring (bicyclic) bond motifs is 7. The van der Waals surface area contributed by atoms with Crippen molar-refractivity contribution in [2.24, 2.45) is 17.6 Å². The van der Waals surface area contributed by atoms with Crippen molar-refractivity contribution < 1.29 is 90.6 Å². The monoisotopic (exact) mass is 1520 g/mol. The fourth-order valence-electron chi connectivity index (χ4n) is 13.6. The third-order valence-corrected chi connectivity index (χ3v) is 19.6. The summed E-state index contributed by atoms with van der Waals surface area (Å²) in [6, 6.07) is 22.1. The van der Waals surface area contributed by atoms with E-state index in [2.05, 4.69) is 43.7 Å². The molecule has 0 saturated carbocycles. The highest BCUT2D eigenvalue weighted by Gasteiger charge is 2.46. The number of anilines is 2. The number of Topliss-reactive ketones (excluding diaryl/α,β-unsaturated/α-hetero) is 2. The zero-order valence-electron chi connectivity index (χ0n) is 62.1. The van der Waals surface area contributed by atoms with Crippen molar-refractivity contribution in [2.75, 3.05) is 95.9 Å². The second-order valence-electron chi connectivity index (χ2n) is 27.5. The van der Waals surface area contributed by atoms with Crippen molar-refractivity contribution in [2.45, 2.75) is 136 Å². The van der Waals surface area contributed by atoms with E-state index in [-0.39, 0.29) is 152 Å². The number of cyclic esters (lactones) is 1. The van der Waals surface area contributed by atoms with Gasteiger partial charge < -0.3 is 85.4 Å². The van der Waals surface area contributed by atoms with E-state index in [1.807, 2.05) is 48.5 Å². The lowest BCUT2D eigenvalue weighted by Crippen LogP contribution is -2.45. The summed E-state index contributed by atoms with van der Waals surface area (Å²) in [6.07, 6.45) is -0.0398. The molecular formula is C80H93FN10O19. The standard InChI is InChI=1S/C80H93FN10O19/c1-5-80(103)60-40-65-74-58(44-91(65)76(99)59(60)46-109-77(80)100)72-62(23-22-57-49(4)61(81)41-63(88-74)71(57)72)87-69(96)47-108-30-26-56(92)42-85-79(102)110-45-50-16-20-55(21-17-50)86-75(98)53(14-10-28-84-78(82)101)39-66(93)73(48(2)3)89-68(95)27-31-104-33-35-106-37-38-107-36-34-105-32-29-83-67(94)24-25-70(97)90-43-54-13-7-6-11-51(54)18-19-52-12-8-9-15-64(52)90/h6-9,11-13,15-17,20-21,40-41,48,53,62,73,103H,5,10,14,22-39,42-47H2,1-4H3,(H,83,94)(H,85,102)(H,86,98)(H,87,96)(H,89,95)(H3,82,84,101)/t53-,62+,73+,80+/m1/s1. The SMILES string of the molecule is CC[C@@]1(O)C(=O)OCc2c1cc1n(c2=O)Cc2c-1nc1cc(F)c(C)c3c1c2[C@@H](NC(=O)COCCC(=O)CNC(=O)OCc1ccc(NC(=O)[C@H](CCCNC(N)=O)CC(=O)[C@@H](NC(=O)CCOCCOCCOCCOCCNC(=O)CCC(=O)N2Cc4ccccc4C#Cc4ccccc42)C(C)C)cc1)CC3. The Morgan fingerprint density at radius 3 is 2.17 bits per heavy atom. The third-order valence-electron chi connectivity index (χ3n) is 19.6. The minimum atomic E-state index is -2.05. The Kier molecular flexibility index (Phi) is 29.0. The highest BCUT2D eigenvalue weighted by Crippen LogP contribution is 2.46. The van der Waals surface area contributed by atoms with Crippen molar-refractivity contribution in [3.05, 3.63) is 157 Å². The first-order valence-corrected chi connectivity index (χ1v) is 36.9. The fraction of sp³-hybridized carbons (Fsp3) is 0.450. The molecule has 0 bridgehead atoms. The van der Waals surface area contributed by atoms with Gasteiger partial charge in [-0.15, -0.1) is 0 Å². The first-order chi connectivity index (χ1) is 53.0. The largest absolute Gasteiger partial charge is 0.458 e. The van der Waals surface area contributed by atoms with Crippen LogP contribution in [0.1, 0.15) is 140 Å². The van der Waals surface area contributed by atoms with Crippen LogP contribution >= 0.6 is 0 Å². The summed E-state index contributed by atoms with van der Waals surface area (Å²) in [5.74, 6) is 1.19. The van der Waals surface area contributed by atoms with Gasteiger partial charge in [0.1, 0.15) is 25.6 Å². The van der Waals surface area contributed by atoms with E-state index in [0.717, 1.165) is 22.3 Å². The maximum atomic E-state index is 15.4. The van der Waals surface area contributed by atoms with Crippen LogP contribution in [0.5, 0.6) is 0 Å². The highest BCUT2D eigenvalue weighted by atomic mass is 19.1. The van der Waals surface area contributed by atoms with Crippen LogP contribution < -0.4 is 48.1 Å². The van der Waals surface area contributed by atoms with Crippen LogP contribution in [0.15, 0.2) is 89.7 Å². The van der Waals surface area contributed by atoms with Crippen LogP contribution in [0, 0.1) is 36.4 Å². The zero-order valence-corrected chi connectivity index (χ0v) is 62.1. The smallest absolute Gasteiger partial charge is 0.407 e. The topological polar surface area (TPSA) is 392 Å². The van der Waals surface area contributed by atoms with E-state index in [0.29, 0.717) is 102 Å². The van der Waals surface area contributed by atoms with Crippen molar-refractivity contribution in [1.82, 2.24) is 36.1 Å². The fourth-order valence-corrected chi connectivity index (χ4v) is 13.6. The molecule has 0 spiro atoms. The number of pyridine rings is 2. The maximum absolute atomic E-state index is 15.4. The van der Waals surface area contributed by atoms with Gasteiger partial charge >= 0.3 is 18.1 Å². The molecule has 5 heterocycles. The Hall–Kier alpha value is -10.8.